The number of fused-ring (bicyclic) bond motifs is 1. The van der Waals surface area contributed by atoms with Gasteiger partial charge in [0.25, 0.3) is 0 Å². The van der Waals surface area contributed by atoms with E-state index < -0.39 is 34.7 Å². The Bertz CT molecular complexity index is 1600. The number of ether oxygens (including phenoxy) is 4. The first-order valence-electron chi connectivity index (χ1n) is 17.0. The number of carbonyl (C=O) groups excluding carboxylic acids is 5. The molecule has 1 atom stereocenters. The van der Waals surface area contributed by atoms with E-state index in [0.717, 1.165) is 35.5 Å². The minimum Gasteiger partial charge on any atom is -0.462 e. The van der Waals surface area contributed by atoms with Crippen LogP contribution in [0.2, 0.25) is 0 Å². The molecule has 3 rings (SSSR count). The molecule has 0 amide bonds. The molecule has 1 unspecified atom stereocenters. The summed E-state index contributed by atoms with van der Waals surface area (Å²) in [6.45, 7) is 12.0. The topological polar surface area (TPSA) is 126 Å². The van der Waals surface area contributed by atoms with Gasteiger partial charge in [0.1, 0.15) is 32.0 Å². The zero-order chi connectivity index (χ0) is 36.7. The summed E-state index contributed by atoms with van der Waals surface area (Å²) in [5.74, 6) is -2.77. The predicted molar refractivity (Wildman–Crippen MR) is 192 cm³/mol. The Morgan fingerprint density at radius 1 is 0.800 bits per heavy atom. The minimum atomic E-state index is -1.08. The Hall–Kier alpha value is -4.99. The third-order valence-corrected chi connectivity index (χ3v) is 8.63. The van der Waals surface area contributed by atoms with Crippen molar-refractivity contribution in [2.75, 3.05) is 44.4 Å². The molecule has 0 N–H and O–H groups in total. The van der Waals surface area contributed by atoms with Crippen molar-refractivity contribution < 1.29 is 42.9 Å². The minimum absolute atomic E-state index is 0.0424. The number of nitrogens with zero attached hydrogens (tertiary/aromatic N) is 1. The van der Waals surface area contributed by atoms with Crippen LogP contribution in [0, 0.1) is 10.8 Å². The highest BCUT2D eigenvalue weighted by molar-refractivity contribution is 6.22. The Labute approximate surface area is 295 Å². The van der Waals surface area contributed by atoms with Crippen molar-refractivity contribution >= 4 is 47.5 Å². The summed E-state index contributed by atoms with van der Waals surface area (Å²) in [6, 6.07) is 15.5. The van der Waals surface area contributed by atoms with E-state index >= 15 is 0 Å². The van der Waals surface area contributed by atoms with Gasteiger partial charge in [-0.25, -0.2) is 9.59 Å². The monoisotopic (exact) mass is 687 g/mol. The van der Waals surface area contributed by atoms with Crippen LogP contribution >= 0.6 is 0 Å². The molecule has 10 heteroatoms. The molecule has 1 aliphatic rings. The van der Waals surface area contributed by atoms with Crippen molar-refractivity contribution in [2.45, 2.75) is 60.8 Å². The number of hydrogen-bond acceptors (Lipinski definition) is 10. The number of allylic oxidation sites excluding steroid dienone is 2. The number of benzene rings is 2. The molecule has 268 valence electrons. The summed E-state index contributed by atoms with van der Waals surface area (Å²) in [5.41, 5.74) is 1.53. The number of hydrogen-bond donors (Lipinski definition) is 0. The maximum Gasteiger partial charge on any atom is 0.341 e. The van der Waals surface area contributed by atoms with E-state index in [1.807, 2.05) is 61.5 Å². The van der Waals surface area contributed by atoms with Gasteiger partial charge < -0.3 is 23.8 Å². The van der Waals surface area contributed by atoms with Gasteiger partial charge in [-0.1, -0.05) is 61.5 Å². The lowest BCUT2D eigenvalue weighted by Gasteiger charge is -2.33. The van der Waals surface area contributed by atoms with E-state index in [1.165, 1.54) is 6.08 Å². The fourth-order valence-electron chi connectivity index (χ4n) is 5.64. The average Bonchev–Trinajstić information content (AvgIpc) is 3.10. The summed E-state index contributed by atoms with van der Waals surface area (Å²) in [4.78, 5) is 65.7. The average molecular weight is 688 g/mol. The van der Waals surface area contributed by atoms with Gasteiger partial charge in [0.15, 0.2) is 5.78 Å². The Morgan fingerprint density at radius 3 is 2.10 bits per heavy atom. The lowest BCUT2D eigenvalue weighted by molar-refractivity contribution is -0.166. The molecular formula is C40H49NO9. The second-order valence-electron chi connectivity index (χ2n) is 12.9. The van der Waals surface area contributed by atoms with Gasteiger partial charge in [0.05, 0.1) is 10.8 Å². The molecule has 10 nitrogen and oxygen atoms in total. The van der Waals surface area contributed by atoms with Crippen molar-refractivity contribution in [2.24, 2.45) is 10.8 Å². The van der Waals surface area contributed by atoms with E-state index in [4.69, 9.17) is 18.9 Å². The maximum atomic E-state index is 13.0. The van der Waals surface area contributed by atoms with Gasteiger partial charge >= 0.3 is 23.9 Å². The highest BCUT2D eigenvalue weighted by Gasteiger charge is 2.43. The summed E-state index contributed by atoms with van der Waals surface area (Å²) >= 11 is 0. The SMILES string of the molecule is CCN(CC)c1ccc2c(c1)CC(=O)C(C(=O)OCCOC(=O)C(C)(C)CC(C)(CC)C(=O)OCCOC(=O)/C=C/C=C/c1ccccc1)=C2. The molecule has 0 spiro atoms. The normalized spacial score (nSPS) is 14.0. The van der Waals surface area contributed by atoms with Crippen molar-refractivity contribution in [3.63, 3.8) is 0 Å². The fourth-order valence-corrected chi connectivity index (χ4v) is 5.64. The molecule has 0 saturated carbocycles. The van der Waals surface area contributed by atoms with Crippen molar-refractivity contribution in [3.05, 3.63) is 89.0 Å². The first kappa shape index (κ1) is 39.4. The lowest BCUT2D eigenvalue weighted by Crippen LogP contribution is -2.39. The second-order valence-corrected chi connectivity index (χ2v) is 12.9. The summed E-state index contributed by atoms with van der Waals surface area (Å²) in [5, 5.41) is 0. The van der Waals surface area contributed by atoms with Crippen LogP contribution in [0.5, 0.6) is 0 Å². The maximum absolute atomic E-state index is 13.0. The number of rotatable bonds is 18. The van der Waals surface area contributed by atoms with E-state index in [0.29, 0.717) is 6.42 Å². The first-order valence-corrected chi connectivity index (χ1v) is 17.0. The van der Waals surface area contributed by atoms with Gasteiger partial charge in [0, 0.05) is 31.3 Å². The highest BCUT2D eigenvalue weighted by atomic mass is 16.6. The van der Waals surface area contributed by atoms with Crippen LogP contribution in [0.25, 0.3) is 12.2 Å². The predicted octanol–water partition coefficient (Wildman–Crippen LogP) is 6.32. The standard InChI is InChI=1S/C40H49NO9/c1-7-40(6,38(46)50-23-21-47-35(43)18-14-13-17-29-15-11-10-12-16-29)28-39(4,5)37(45)49-24-22-48-36(44)33-26-30-19-20-32(41(8-2)9-3)25-31(30)27-34(33)42/h10-20,25-26H,7-9,21-24,27-28H2,1-6H3/b17-13+,18-14+. The van der Waals surface area contributed by atoms with Gasteiger partial charge in [-0.3, -0.25) is 14.4 Å². The molecule has 0 fully saturated rings. The zero-order valence-corrected chi connectivity index (χ0v) is 30.0. The zero-order valence-electron chi connectivity index (χ0n) is 30.0. The van der Waals surface area contributed by atoms with Crippen LogP contribution in [0.1, 0.15) is 71.1 Å². The van der Waals surface area contributed by atoms with E-state index in [1.54, 1.807) is 39.0 Å². The van der Waals surface area contributed by atoms with E-state index in [-0.39, 0.29) is 50.6 Å². The largest absolute Gasteiger partial charge is 0.462 e. The number of Topliss-reactive ketones (excluding diaryl/α,β-unsaturated/α-hetero) is 1. The summed E-state index contributed by atoms with van der Waals surface area (Å²) in [6.07, 6.45) is 8.58. The molecule has 2 aromatic carbocycles. The molecule has 0 radical (unpaired) electrons. The summed E-state index contributed by atoms with van der Waals surface area (Å²) in [7, 11) is 0. The van der Waals surface area contributed by atoms with Crippen molar-refractivity contribution in [1.82, 2.24) is 0 Å². The summed E-state index contributed by atoms with van der Waals surface area (Å²) < 4.78 is 21.2. The highest BCUT2D eigenvalue weighted by Crippen LogP contribution is 2.38. The molecule has 2 aromatic rings. The molecule has 0 saturated heterocycles. The fraction of sp³-hybridized carbons (Fsp3) is 0.425. The third-order valence-electron chi connectivity index (χ3n) is 8.63. The lowest BCUT2D eigenvalue weighted by atomic mass is 9.72. The smallest absolute Gasteiger partial charge is 0.341 e. The van der Waals surface area contributed by atoms with Gasteiger partial charge in [-0.05, 0) is 82.4 Å². The second kappa shape index (κ2) is 18.7. The van der Waals surface area contributed by atoms with Crippen LogP contribution in [-0.2, 0) is 49.3 Å². The van der Waals surface area contributed by atoms with Crippen LogP contribution in [-0.4, -0.2) is 69.2 Å². The van der Waals surface area contributed by atoms with Crippen molar-refractivity contribution in [3.8, 4) is 0 Å². The number of carbonyl (C=O) groups is 5. The molecule has 50 heavy (non-hydrogen) atoms. The van der Waals surface area contributed by atoms with Crippen molar-refractivity contribution in [1.29, 1.82) is 0 Å². The van der Waals surface area contributed by atoms with E-state index in [9.17, 15) is 24.0 Å². The molecule has 0 aliphatic heterocycles. The molecule has 0 aromatic heterocycles. The van der Waals surface area contributed by atoms with Gasteiger partial charge in [-0.15, -0.1) is 0 Å². The molecular weight excluding hydrogens is 638 g/mol. The number of ketones is 1. The van der Waals surface area contributed by atoms with Crippen LogP contribution in [0.3, 0.4) is 0 Å². The Morgan fingerprint density at radius 2 is 1.44 bits per heavy atom. The number of esters is 4. The van der Waals surface area contributed by atoms with Crippen LogP contribution in [0.15, 0.2) is 72.3 Å². The quantitative estimate of drug-likeness (QED) is 0.0439. The molecule has 0 bridgehead atoms. The van der Waals surface area contributed by atoms with E-state index in [2.05, 4.69) is 18.7 Å². The Balaban J connectivity index is 1.42. The third kappa shape index (κ3) is 11.3. The Kier molecular flexibility index (Phi) is 14.7. The molecule has 0 heterocycles. The van der Waals surface area contributed by atoms with Crippen LogP contribution < -0.4 is 4.90 Å². The van der Waals surface area contributed by atoms with Gasteiger partial charge in [-0.2, -0.15) is 0 Å². The number of anilines is 1. The van der Waals surface area contributed by atoms with Crippen LogP contribution in [0.4, 0.5) is 5.69 Å². The first-order chi connectivity index (χ1) is 23.8. The van der Waals surface area contributed by atoms with Gasteiger partial charge in [0.2, 0.25) is 0 Å². The molecule has 1 aliphatic carbocycles.